The number of sulfonamides is 1. The molecule has 1 aliphatic heterocycles. The van der Waals surface area contributed by atoms with Gasteiger partial charge in [-0.25, -0.2) is 13.4 Å². The van der Waals surface area contributed by atoms with Crippen molar-refractivity contribution >= 4 is 31.8 Å². The minimum atomic E-state index is -3.66. The van der Waals surface area contributed by atoms with Crippen LogP contribution in [0.4, 0.5) is 5.82 Å². The van der Waals surface area contributed by atoms with E-state index in [1.807, 2.05) is 0 Å². The molecule has 1 aromatic rings. The third-order valence-electron chi connectivity index (χ3n) is 3.09. The molecule has 0 saturated carbocycles. The molecule has 8 heteroatoms. The zero-order valence-corrected chi connectivity index (χ0v) is 13.1. The molecule has 0 aromatic carbocycles. The molecule has 6 nitrogen and oxygen atoms in total. The van der Waals surface area contributed by atoms with Gasteiger partial charge in [0.05, 0.1) is 5.60 Å². The summed E-state index contributed by atoms with van der Waals surface area (Å²) >= 11 is 3.23. The van der Waals surface area contributed by atoms with Gasteiger partial charge >= 0.3 is 0 Å². The van der Waals surface area contributed by atoms with E-state index in [1.165, 1.54) is 16.6 Å². The maximum Gasteiger partial charge on any atom is 0.246 e. The van der Waals surface area contributed by atoms with Crippen LogP contribution in [0.3, 0.4) is 0 Å². The highest BCUT2D eigenvalue weighted by Gasteiger charge is 2.39. The Morgan fingerprint density at radius 1 is 1.58 bits per heavy atom. The normalized spacial score (nSPS) is 24.6. The van der Waals surface area contributed by atoms with Gasteiger partial charge in [-0.05, 0) is 35.3 Å². The quantitative estimate of drug-likeness (QED) is 0.851. The number of aromatic nitrogens is 1. The van der Waals surface area contributed by atoms with Gasteiger partial charge in [-0.15, -0.1) is 0 Å². The summed E-state index contributed by atoms with van der Waals surface area (Å²) in [5, 5.41) is 12.7. The molecule has 19 heavy (non-hydrogen) atoms. The van der Waals surface area contributed by atoms with Crippen LogP contribution in [0.2, 0.25) is 0 Å². The molecular weight excluding hydrogens is 334 g/mol. The highest BCUT2D eigenvalue weighted by Crippen LogP contribution is 2.30. The first kappa shape index (κ1) is 14.7. The number of anilines is 1. The van der Waals surface area contributed by atoms with E-state index >= 15 is 0 Å². The van der Waals surface area contributed by atoms with Gasteiger partial charge in [0, 0.05) is 30.8 Å². The van der Waals surface area contributed by atoms with Crippen LogP contribution in [0.1, 0.15) is 13.3 Å². The van der Waals surface area contributed by atoms with E-state index in [-0.39, 0.29) is 11.4 Å². The number of pyridine rings is 1. The number of halogens is 1. The SMILES string of the molecule is CNc1ncc(Br)cc1S(=O)(=O)N1CCC(C)(O)C1. The summed E-state index contributed by atoms with van der Waals surface area (Å²) in [4.78, 5) is 4.16. The third-order valence-corrected chi connectivity index (χ3v) is 5.38. The highest BCUT2D eigenvalue weighted by molar-refractivity contribution is 9.10. The molecule has 0 radical (unpaired) electrons. The fraction of sp³-hybridized carbons (Fsp3) is 0.545. The van der Waals surface area contributed by atoms with Crippen LogP contribution in [-0.4, -0.2) is 48.6 Å². The number of aliphatic hydroxyl groups is 1. The molecule has 0 bridgehead atoms. The molecule has 1 aliphatic rings. The molecule has 1 atom stereocenters. The second kappa shape index (κ2) is 5.01. The molecule has 106 valence electrons. The van der Waals surface area contributed by atoms with Gasteiger partial charge < -0.3 is 10.4 Å². The van der Waals surface area contributed by atoms with E-state index < -0.39 is 15.6 Å². The van der Waals surface area contributed by atoms with Crippen LogP contribution in [0.5, 0.6) is 0 Å². The van der Waals surface area contributed by atoms with Crippen LogP contribution in [0.25, 0.3) is 0 Å². The number of hydrogen-bond acceptors (Lipinski definition) is 5. The van der Waals surface area contributed by atoms with Gasteiger partial charge in [0.1, 0.15) is 10.7 Å². The Hall–Kier alpha value is -0.700. The molecule has 1 unspecified atom stereocenters. The lowest BCUT2D eigenvalue weighted by molar-refractivity contribution is 0.0762. The monoisotopic (exact) mass is 349 g/mol. The number of hydrogen-bond donors (Lipinski definition) is 2. The van der Waals surface area contributed by atoms with Crippen molar-refractivity contribution in [1.82, 2.24) is 9.29 Å². The lowest BCUT2D eigenvalue weighted by atomic mass is 10.1. The lowest BCUT2D eigenvalue weighted by Crippen LogP contribution is -2.34. The van der Waals surface area contributed by atoms with Crippen molar-refractivity contribution in [2.45, 2.75) is 23.8 Å². The van der Waals surface area contributed by atoms with E-state index in [0.29, 0.717) is 23.3 Å². The summed E-state index contributed by atoms with van der Waals surface area (Å²) in [7, 11) is -2.04. The topological polar surface area (TPSA) is 82.5 Å². The highest BCUT2D eigenvalue weighted by atomic mass is 79.9. The van der Waals surface area contributed by atoms with E-state index in [2.05, 4.69) is 26.2 Å². The Balaban J connectivity index is 2.43. The first-order valence-corrected chi connectivity index (χ1v) is 8.05. The van der Waals surface area contributed by atoms with E-state index in [0.717, 1.165) is 0 Å². The van der Waals surface area contributed by atoms with Crippen molar-refractivity contribution in [2.24, 2.45) is 0 Å². The van der Waals surface area contributed by atoms with Crippen LogP contribution >= 0.6 is 15.9 Å². The predicted octanol–water partition coefficient (Wildman–Crippen LogP) is 1.03. The molecule has 1 saturated heterocycles. The van der Waals surface area contributed by atoms with Crippen molar-refractivity contribution in [1.29, 1.82) is 0 Å². The first-order valence-electron chi connectivity index (χ1n) is 5.82. The van der Waals surface area contributed by atoms with Crippen molar-refractivity contribution in [3.05, 3.63) is 16.7 Å². The van der Waals surface area contributed by atoms with Crippen LogP contribution in [0, 0.1) is 0 Å². The third kappa shape index (κ3) is 2.91. The molecule has 1 aromatic heterocycles. The van der Waals surface area contributed by atoms with Crippen molar-refractivity contribution < 1.29 is 13.5 Å². The van der Waals surface area contributed by atoms with Gasteiger partial charge in [-0.3, -0.25) is 0 Å². The van der Waals surface area contributed by atoms with E-state index in [1.54, 1.807) is 14.0 Å². The Kier molecular flexibility index (Phi) is 3.87. The maximum atomic E-state index is 12.6. The number of β-amino-alcohol motifs (C(OH)–C–C–N with tert-alkyl or cyclic N) is 1. The molecule has 1 fully saturated rings. The largest absolute Gasteiger partial charge is 0.389 e. The molecular formula is C11H16BrN3O3S. The molecule has 2 N–H and O–H groups in total. The fourth-order valence-corrected chi connectivity index (χ4v) is 4.27. The fourth-order valence-electron chi connectivity index (χ4n) is 2.05. The minimum absolute atomic E-state index is 0.102. The van der Waals surface area contributed by atoms with Crippen LogP contribution in [0.15, 0.2) is 21.6 Å². The summed E-state index contributed by atoms with van der Waals surface area (Å²) in [6, 6.07) is 1.52. The minimum Gasteiger partial charge on any atom is -0.389 e. The van der Waals surface area contributed by atoms with Crippen LogP contribution in [-0.2, 0) is 10.0 Å². The molecule has 2 rings (SSSR count). The smallest absolute Gasteiger partial charge is 0.246 e. The first-order chi connectivity index (χ1) is 8.76. The predicted molar refractivity (Wildman–Crippen MR) is 75.5 cm³/mol. The van der Waals surface area contributed by atoms with Gasteiger partial charge in [0.2, 0.25) is 10.0 Å². The zero-order chi connectivity index (χ0) is 14.3. The molecule has 0 amide bonds. The zero-order valence-electron chi connectivity index (χ0n) is 10.7. The summed E-state index contributed by atoms with van der Waals surface area (Å²) < 4.78 is 27.0. The second-order valence-electron chi connectivity index (χ2n) is 4.84. The maximum absolute atomic E-state index is 12.6. The number of nitrogens with zero attached hydrogens (tertiary/aromatic N) is 2. The number of rotatable bonds is 3. The number of nitrogens with one attached hydrogen (secondary N) is 1. The Labute approximate surface area is 121 Å². The second-order valence-corrected chi connectivity index (χ2v) is 7.66. The van der Waals surface area contributed by atoms with Gasteiger partial charge in [0.15, 0.2) is 0 Å². The summed E-state index contributed by atoms with van der Waals surface area (Å²) in [5.41, 5.74) is -0.966. The Morgan fingerprint density at radius 3 is 2.79 bits per heavy atom. The Morgan fingerprint density at radius 2 is 2.26 bits per heavy atom. The van der Waals surface area contributed by atoms with Crippen LogP contribution < -0.4 is 5.32 Å². The molecule has 0 aliphatic carbocycles. The average molecular weight is 350 g/mol. The lowest BCUT2D eigenvalue weighted by Gasteiger charge is -2.20. The van der Waals surface area contributed by atoms with Gasteiger partial charge in [-0.1, -0.05) is 0 Å². The Bertz CT molecular complexity index is 589. The summed E-state index contributed by atoms with van der Waals surface area (Å²) in [5.74, 6) is 0.301. The standard InChI is InChI=1S/C11H16BrN3O3S/c1-11(16)3-4-15(7-11)19(17,18)9-5-8(12)6-14-10(9)13-2/h5-6,16H,3-4,7H2,1-2H3,(H,13,14). The van der Waals surface area contributed by atoms with Crippen molar-refractivity contribution in [3.63, 3.8) is 0 Å². The van der Waals surface area contributed by atoms with E-state index in [4.69, 9.17) is 0 Å². The van der Waals surface area contributed by atoms with Gasteiger partial charge in [-0.2, -0.15) is 4.31 Å². The van der Waals surface area contributed by atoms with Crippen molar-refractivity contribution in [2.75, 3.05) is 25.5 Å². The van der Waals surface area contributed by atoms with Crippen molar-refractivity contribution in [3.8, 4) is 0 Å². The molecule has 0 spiro atoms. The van der Waals surface area contributed by atoms with E-state index in [9.17, 15) is 13.5 Å². The summed E-state index contributed by atoms with van der Waals surface area (Å²) in [6.45, 7) is 2.05. The van der Waals surface area contributed by atoms with Gasteiger partial charge in [0.25, 0.3) is 0 Å². The summed E-state index contributed by atoms with van der Waals surface area (Å²) in [6.07, 6.45) is 1.97. The molecule has 2 heterocycles. The average Bonchev–Trinajstić information content (AvgIpc) is 2.70.